The van der Waals surface area contributed by atoms with E-state index in [2.05, 4.69) is 13.0 Å². The van der Waals surface area contributed by atoms with Gasteiger partial charge in [-0.15, -0.1) is 0 Å². The number of furan rings is 1. The molecule has 2 aromatic rings. The number of benzene rings is 1. The van der Waals surface area contributed by atoms with Gasteiger partial charge in [-0.1, -0.05) is 19.1 Å². The van der Waals surface area contributed by atoms with Gasteiger partial charge in [0, 0.05) is 24.1 Å². The summed E-state index contributed by atoms with van der Waals surface area (Å²) in [6.07, 6.45) is 2.46. The van der Waals surface area contributed by atoms with Gasteiger partial charge in [0.1, 0.15) is 5.76 Å². The molecule has 0 aliphatic carbocycles. The molecule has 0 amide bonds. The fourth-order valence-electron chi connectivity index (χ4n) is 2.00. The topological polar surface area (TPSA) is 65.2 Å². The summed E-state index contributed by atoms with van der Waals surface area (Å²) >= 11 is 0. The third-order valence-corrected chi connectivity index (χ3v) is 3.18. The van der Waals surface area contributed by atoms with E-state index in [0.717, 1.165) is 23.4 Å². The van der Waals surface area contributed by atoms with E-state index in [4.69, 9.17) is 15.9 Å². The van der Waals surface area contributed by atoms with Crippen LogP contribution in [-0.4, -0.2) is 6.54 Å². The zero-order valence-electron chi connectivity index (χ0n) is 10.0. The van der Waals surface area contributed by atoms with Crippen LogP contribution < -0.4 is 11.5 Å². The van der Waals surface area contributed by atoms with Gasteiger partial charge in [0.15, 0.2) is 0 Å². The second kappa shape index (κ2) is 4.63. The molecule has 0 saturated carbocycles. The van der Waals surface area contributed by atoms with Gasteiger partial charge in [0.2, 0.25) is 0 Å². The summed E-state index contributed by atoms with van der Waals surface area (Å²) in [6, 6.07) is 11.8. The Balaban J connectivity index is 2.30. The molecule has 90 valence electrons. The normalized spacial score (nSPS) is 14.5. The average molecular weight is 230 g/mol. The maximum atomic E-state index is 5.92. The molecule has 4 N–H and O–H groups in total. The quantitative estimate of drug-likeness (QED) is 0.792. The Morgan fingerprint density at radius 2 is 2.06 bits per heavy atom. The van der Waals surface area contributed by atoms with E-state index < -0.39 is 0 Å². The van der Waals surface area contributed by atoms with E-state index in [1.54, 1.807) is 6.26 Å². The maximum absolute atomic E-state index is 5.92. The lowest BCUT2D eigenvalue weighted by Gasteiger charge is -2.28. The van der Waals surface area contributed by atoms with Crippen molar-refractivity contribution in [2.75, 3.05) is 12.3 Å². The second-order valence-corrected chi connectivity index (χ2v) is 4.65. The van der Waals surface area contributed by atoms with Crippen LogP contribution in [0.1, 0.15) is 18.2 Å². The van der Waals surface area contributed by atoms with E-state index in [9.17, 15) is 0 Å². The van der Waals surface area contributed by atoms with Gasteiger partial charge in [0.05, 0.1) is 6.26 Å². The molecular weight excluding hydrogens is 212 g/mol. The van der Waals surface area contributed by atoms with Crippen LogP contribution in [0.5, 0.6) is 0 Å². The Labute approximate surface area is 101 Å². The molecule has 2 rings (SSSR count). The number of rotatable bonds is 4. The van der Waals surface area contributed by atoms with E-state index in [1.807, 2.05) is 30.3 Å². The Morgan fingerprint density at radius 1 is 1.24 bits per heavy atom. The van der Waals surface area contributed by atoms with Crippen molar-refractivity contribution in [1.29, 1.82) is 0 Å². The monoisotopic (exact) mass is 230 g/mol. The van der Waals surface area contributed by atoms with Crippen LogP contribution in [0.2, 0.25) is 0 Å². The average Bonchev–Trinajstić information content (AvgIpc) is 2.81. The lowest BCUT2D eigenvalue weighted by Crippen LogP contribution is -2.34. The Bertz CT molecular complexity index is 479. The zero-order valence-corrected chi connectivity index (χ0v) is 10.0. The molecule has 0 spiro atoms. The van der Waals surface area contributed by atoms with Crippen molar-refractivity contribution in [3.05, 3.63) is 54.0 Å². The van der Waals surface area contributed by atoms with Gasteiger partial charge < -0.3 is 15.9 Å². The predicted octanol–water partition coefficient (Wildman–Crippen LogP) is 2.32. The molecule has 1 unspecified atom stereocenters. The summed E-state index contributed by atoms with van der Waals surface area (Å²) in [5.41, 5.74) is 13.5. The SMILES string of the molecule is CC(CN)(Cc1ccco1)c1cccc(N)c1. The van der Waals surface area contributed by atoms with Crippen LogP contribution in [0.3, 0.4) is 0 Å². The summed E-state index contributed by atoms with van der Waals surface area (Å²) < 4.78 is 5.40. The van der Waals surface area contributed by atoms with Crippen molar-refractivity contribution >= 4 is 5.69 Å². The van der Waals surface area contributed by atoms with Crippen LogP contribution in [0, 0.1) is 0 Å². The summed E-state index contributed by atoms with van der Waals surface area (Å²) in [6.45, 7) is 2.68. The van der Waals surface area contributed by atoms with E-state index in [1.165, 1.54) is 0 Å². The second-order valence-electron chi connectivity index (χ2n) is 4.65. The van der Waals surface area contributed by atoms with Crippen LogP contribution in [0.25, 0.3) is 0 Å². The smallest absolute Gasteiger partial charge is 0.104 e. The predicted molar refractivity (Wildman–Crippen MR) is 69.7 cm³/mol. The first kappa shape index (κ1) is 11.7. The summed E-state index contributed by atoms with van der Waals surface area (Å²) in [5.74, 6) is 0.945. The number of hydrogen-bond acceptors (Lipinski definition) is 3. The third-order valence-electron chi connectivity index (χ3n) is 3.18. The highest BCUT2D eigenvalue weighted by Crippen LogP contribution is 2.28. The molecule has 1 aromatic carbocycles. The lowest BCUT2D eigenvalue weighted by atomic mass is 9.78. The van der Waals surface area contributed by atoms with Gasteiger partial charge in [0.25, 0.3) is 0 Å². The number of hydrogen-bond donors (Lipinski definition) is 2. The maximum Gasteiger partial charge on any atom is 0.104 e. The van der Waals surface area contributed by atoms with Gasteiger partial charge in [-0.05, 0) is 29.8 Å². The van der Waals surface area contributed by atoms with Crippen molar-refractivity contribution in [2.24, 2.45) is 5.73 Å². The van der Waals surface area contributed by atoms with E-state index in [-0.39, 0.29) is 5.41 Å². The summed E-state index contributed by atoms with van der Waals surface area (Å²) in [5, 5.41) is 0. The summed E-state index contributed by atoms with van der Waals surface area (Å²) in [7, 11) is 0. The molecule has 0 aliphatic heterocycles. The molecule has 0 radical (unpaired) electrons. The molecular formula is C14H18N2O. The van der Waals surface area contributed by atoms with Crippen LogP contribution in [-0.2, 0) is 11.8 Å². The molecule has 0 bridgehead atoms. The molecule has 3 heteroatoms. The standard InChI is InChI=1S/C14H18N2O/c1-14(10-15,9-13-6-3-7-17-13)11-4-2-5-12(16)8-11/h2-8H,9-10,15-16H2,1H3. The Kier molecular flexibility index (Phi) is 3.20. The van der Waals surface area contributed by atoms with E-state index in [0.29, 0.717) is 6.54 Å². The minimum absolute atomic E-state index is 0.146. The highest BCUT2D eigenvalue weighted by molar-refractivity contribution is 5.43. The van der Waals surface area contributed by atoms with Gasteiger partial charge in [-0.3, -0.25) is 0 Å². The minimum Gasteiger partial charge on any atom is -0.469 e. The summed E-state index contributed by atoms with van der Waals surface area (Å²) in [4.78, 5) is 0. The third kappa shape index (κ3) is 2.50. The Morgan fingerprint density at radius 3 is 2.65 bits per heavy atom. The first-order valence-electron chi connectivity index (χ1n) is 5.72. The Hall–Kier alpha value is -1.74. The molecule has 1 atom stereocenters. The minimum atomic E-state index is -0.146. The largest absolute Gasteiger partial charge is 0.469 e. The van der Waals surface area contributed by atoms with Crippen LogP contribution in [0.4, 0.5) is 5.69 Å². The van der Waals surface area contributed by atoms with Crippen molar-refractivity contribution in [2.45, 2.75) is 18.8 Å². The zero-order chi connectivity index (χ0) is 12.3. The van der Waals surface area contributed by atoms with Gasteiger partial charge in [-0.25, -0.2) is 0 Å². The number of nitrogen functional groups attached to an aromatic ring is 1. The van der Waals surface area contributed by atoms with Gasteiger partial charge >= 0.3 is 0 Å². The number of anilines is 1. The van der Waals surface area contributed by atoms with Crippen LogP contribution >= 0.6 is 0 Å². The molecule has 0 aliphatic rings. The lowest BCUT2D eigenvalue weighted by molar-refractivity contribution is 0.412. The van der Waals surface area contributed by atoms with E-state index >= 15 is 0 Å². The molecule has 0 fully saturated rings. The highest BCUT2D eigenvalue weighted by atomic mass is 16.3. The van der Waals surface area contributed by atoms with Gasteiger partial charge in [-0.2, -0.15) is 0 Å². The molecule has 1 heterocycles. The number of nitrogens with two attached hydrogens (primary N) is 2. The molecule has 17 heavy (non-hydrogen) atoms. The molecule has 0 saturated heterocycles. The van der Waals surface area contributed by atoms with Crippen molar-refractivity contribution in [1.82, 2.24) is 0 Å². The molecule has 1 aromatic heterocycles. The first-order chi connectivity index (χ1) is 8.14. The van der Waals surface area contributed by atoms with Crippen molar-refractivity contribution < 1.29 is 4.42 Å². The van der Waals surface area contributed by atoms with Crippen LogP contribution in [0.15, 0.2) is 47.1 Å². The first-order valence-corrected chi connectivity index (χ1v) is 5.72. The fraction of sp³-hybridized carbons (Fsp3) is 0.286. The highest BCUT2D eigenvalue weighted by Gasteiger charge is 2.26. The molecule has 3 nitrogen and oxygen atoms in total. The van der Waals surface area contributed by atoms with Crippen molar-refractivity contribution in [3.63, 3.8) is 0 Å². The van der Waals surface area contributed by atoms with Crippen molar-refractivity contribution in [3.8, 4) is 0 Å². The fourth-order valence-corrected chi connectivity index (χ4v) is 2.00.